The molecule has 12 nitrogen and oxygen atoms in total. The lowest BCUT2D eigenvalue weighted by molar-refractivity contribution is -0.142. The van der Waals surface area contributed by atoms with Crippen LogP contribution in [0.4, 0.5) is 25.1 Å². The van der Waals surface area contributed by atoms with Gasteiger partial charge in [-0.15, -0.1) is 0 Å². The Hall–Kier alpha value is -3.91. The molecule has 1 unspecified atom stereocenters. The molecule has 0 radical (unpaired) electrons. The minimum Gasteiger partial charge on any atom is -0.491 e. The molecule has 1 fully saturated rings. The lowest BCUT2D eigenvalue weighted by Gasteiger charge is -2.41. The Morgan fingerprint density at radius 3 is 2.63 bits per heavy atom. The third-order valence-corrected chi connectivity index (χ3v) is 7.68. The number of carbonyl (C=O) groups is 2. The van der Waals surface area contributed by atoms with Crippen LogP contribution in [-0.4, -0.2) is 75.8 Å². The van der Waals surface area contributed by atoms with E-state index in [0.717, 1.165) is 4.90 Å². The van der Waals surface area contributed by atoms with Gasteiger partial charge < -0.3 is 34.7 Å². The molecule has 3 heterocycles. The number of alkyl halides is 2. The summed E-state index contributed by atoms with van der Waals surface area (Å²) in [5, 5.41) is 15.4. The number of hydrogen-bond acceptors (Lipinski definition) is 8. The number of aromatic nitrogens is 3. The van der Waals surface area contributed by atoms with Gasteiger partial charge in [0.15, 0.2) is 18.2 Å². The fraction of sp³-hybridized carbons (Fsp3) is 0.444. The predicted octanol–water partition coefficient (Wildman–Crippen LogP) is 4.54. The van der Waals surface area contributed by atoms with Crippen molar-refractivity contribution in [3.05, 3.63) is 45.1 Å². The van der Waals surface area contributed by atoms with Crippen molar-refractivity contribution < 1.29 is 33.0 Å². The molecule has 2 atom stereocenters. The molecule has 1 aliphatic heterocycles. The van der Waals surface area contributed by atoms with Gasteiger partial charge in [-0.1, -0.05) is 18.5 Å². The Bertz CT molecular complexity index is 1590. The molecule has 232 valence electrons. The van der Waals surface area contributed by atoms with Crippen LogP contribution in [0, 0.1) is 11.8 Å². The van der Waals surface area contributed by atoms with Gasteiger partial charge in [-0.2, -0.15) is 4.98 Å². The number of anilines is 2. The zero-order valence-electron chi connectivity index (χ0n) is 23.5. The number of rotatable bonds is 10. The van der Waals surface area contributed by atoms with E-state index in [9.17, 15) is 28.3 Å². The van der Waals surface area contributed by atoms with Gasteiger partial charge in [0.1, 0.15) is 10.8 Å². The third-order valence-electron chi connectivity index (χ3n) is 7.22. The average molecular weight is 643 g/mol. The molecule has 2 amide bonds. The highest BCUT2D eigenvalue weighted by Crippen LogP contribution is 2.40. The summed E-state index contributed by atoms with van der Waals surface area (Å²) in [6, 6.07) is 4.71. The number of benzene rings is 1. The van der Waals surface area contributed by atoms with Gasteiger partial charge in [-0.25, -0.2) is 18.6 Å². The molecule has 2 aromatic heterocycles. The Morgan fingerprint density at radius 1 is 1.19 bits per heavy atom. The molecular formula is C27H30Cl2F2N6O6. The minimum atomic E-state index is -3.03. The van der Waals surface area contributed by atoms with Crippen LogP contribution >= 0.6 is 23.2 Å². The van der Waals surface area contributed by atoms with Crippen molar-refractivity contribution in [2.75, 3.05) is 38.7 Å². The first-order chi connectivity index (χ1) is 20.3. The van der Waals surface area contributed by atoms with Crippen molar-refractivity contribution >= 4 is 57.6 Å². The van der Waals surface area contributed by atoms with Gasteiger partial charge in [-0.05, 0) is 36.6 Å². The summed E-state index contributed by atoms with van der Waals surface area (Å²) in [6.45, 7) is 0.455. The first-order valence-electron chi connectivity index (χ1n) is 13.3. The molecule has 1 aromatic carbocycles. The van der Waals surface area contributed by atoms with Crippen LogP contribution in [0.25, 0.3) is 10.9 Å². The topological polar surface area (TPSA) is 148 Å². The number of nitrogens with zero attached hydrogens (tertiary/aromatic N) is 4. The minimum absolute atomic E-state index is 0.00418. The first kappa shape index (κ1) is 32.0. The van der Waals surface area contributed by atoms with Gasteiger partial charge in [0.05, 0.1) is 18.3 Å². The Labute approximate surface area is 254 Å². The summed E-state index contributed by atoms with van der Waals surface area (Å²) >= 11 is 12.1. The maximum Gasteiger partial charge on any atom is 0.407 e. The van der Waals surface area contributed by atoms with E-state index in [4.69, 9.17) is 32.7 Å². The number of piperidine rings is 1. The Morgan fingerprint density at radius 2 is 1.93 bits per heavy atom. The highest BCUT2D eigenvalue weighted by Gasteiger charge is 2.49. The number of likely N-dealkylation sites (N-methyl/N-ethyl adjacent to an activating group) is 1. The molecule has 3 N–H and O–H groups in total. The second kappa shape index (κ2) is 13.2. The Kier molecular flexibility index (Phi) is 9.80. The van der Waals surface area contributed by atoms with Crippen LogP contribution in [0.15, 0.2) is 29.2 Å². The Balaban J connectivity index is 1.63. The summed E-state index contributed by atoms with van der Waals surface area (Å²) in [5.74, 6) is -5.40. The molecule has 16 heteroatoms. The van der Waals surface area contributed by atoms with Crippen LogP contribution in [-0.2, 0) is 11.8 Å². The van der Waals surface area contributed by atoms with E-state index >= 15 is 0 Å². The van der Waals surface area contributed by atoms with E-state index in [0.29, 0.717) is 16.6 Å². The maximum absolute atomic E-state index is 14.9. The number of aryl methyl sites for hydroxylation is 1. The number of pyridine rings is 1. The van der Waals surface area contributed by atoms with E-state index in [1.165, 1.54) is 37.8 Å². The fourth-order valence-electron chi connectivity index (χ4n) is 4.91. The molecule has 3 aromatic rings. The number of likely N-dealkylation sites (tertiary alicyclic amines) is 1. The molecule has 43 heavy (non-hydrogen) atoms. The number of halogens is 4. The third kappa shape index (κ3) is 7.19. The van der Waals surface area contributed by atoms with Gasteiger partial charge in [0.25, 0.3) is 17.4 Å². The van der Waals surface area contributed by atoms with E-state index in [2.05, 4.69) is 20.6 Å². The number of carbonyl (C=O) groups excluding carboxylic acids is 1. The molecule has 4 rings (SSSR count). The van der Waals surface area contributed by atoms with E-state index in [1.807, 2.05) is 0 Å². The molecule has 0 saturated carbocycles. The fourth-order valence-corrected chi connectivity index (χ4v) is 5.18. The van der Waals surface area contributed by atoms with Gasteiger partial charge in [0, 0.05) is 56.2 Å². The summed E-state index contributed by atoms with van der Waals surface area (Å²) in [4.78, 5) is 45.1. The van der Waals surface area contributed by atoms with Crippen molar-refractivity contribution in [2.24, 2.45) is 18.9 Å². The summed E-state index contributed by atoms with van der Waals surface area (Å²) < 4.78 is 42.5. The zero-order chi connectivity index (χ0) is 31.5. The molecular weight excluding hydrogens is 613 g/mol. The number of carboxylic acid groups (broad SMARTS) is 1. The van der Waals surface area contributed by atoms with Crippen molar-refractivity contribution in [2.45, 2.75) is 25.7 Å². The van der Waals surface area contributed by atoms with E-state index in [-0.39, 0.29) is 66.8 Å². The summed E-state index contributed by atoms with van der Waals surface area (Å²) in [5.41, 5.74) is 0.278. The lowest BCUT2D eigenvalue weighted by atomic mass is 9.83. The van der Waals surface area contributed by atoms with Crippen LogP contribution in [0.1, 0.15) is 19.8 Å². The smallest absolute Gasteiger partial charge is 0.407 e. The second-order valence-electron chi connectivity index (χ2n) is 10.2. The summed E-state index contributed by atoms with van der Waals surface area (Å²) in [6.07, 6.45) is 0.292. The largest absolute Gasteiger partial charge is 0.491 e. The molecule has 0 aliphatic carbocycles. The predicted molar refractivity (Wildman–Crippen MR) is 156 cm³/mol. The lowest BCUT2D eigenvalue weighted by Crippen LogP contribution is -2.54. The number of amides is 2. The number of fused-ring (bicyclic) bond motifs is 1. The summed E-state index contributed by atoms with van der Waals surface area (Å²) in [7, 11) is 2.94. The van der Waals surface area contributed by atoms with Crippen LogP contribution < -0.4 is 25.7 Å². The van der Waals surface area contributed by atoms with Gasteiger partial charge in [-0.3, -0.25) is 9.59 Å². The first-order valence-corrected chi connectivity index (χ1v) is 14.0. The average Bonchev–Trinajstić information content (AvgIpc) is 2.95. The highest BCUT2D eigenvalue weighted by molar-refractivity contribution is 6.33. The number of ether oxygens (including phenoxy) is 2. The monoisotopic (exact) mass is 642 g/mol. The number of nitrogens with one attached hydrogen (secondary N) is 2. The SMILES string of the molecule is CNC(=O)COc1cc2cc(Nc3nc(Cl)ncc3Cl)cc(OCCCC3CN(C(=O)O)C[C@H](C)C3(F)F)c2n(C)c1=O. The standard InChI is InChI=1S/C27H30Cl2F2N6O6/c1-14-11-37(26(40)41)12-16(27(14,30)31)5-4-6-42-19-9-17(34-23-18(28)10-33-25(29)35-23)7-15-8-20(43-13-21(38)32-2)24(39)36(3)22(15)19/h7-10,14,16H,4-6,11-13H2,1-3H3,(H,32,38)(H,40,41)(H,33,34,35)/t14-,16?/m0/s1. The highest BCUT2D eigenvalue weighted by atomic mass is 35.5. The molecule has 0 bridgehead atoms. The molecule has 1 saturated heterocycles. The zero-order valence-corrected chi connectivity index (χ0v) is 25.0. The van der Waals surface area contributed by atoms with Crippen LogP contribution in [0.3, 0.4) is 0 Å². The number of hydrogen-bond donors (Lipinski definition) is 3. The quantitative estimate of drug-likeness (QED) is 0.214. The second-order valence-corrected chi connectivity index (χ2v) is 10.9. The van der Waals surface area contributed by atoms with Crippen molar-refractivity contribution in [3.8, 4) is 11.5 Å². The van der Waals surface area contributed by atoms with Crippen LogP contribution in [0.5, 0.6) is 11.5 Å². The van der Waals surface area contributed by atoms with E-state index < -0.39 is 35.3 Å². The van der Waals surface area contributed by atoms with Gasteiger partial charge >= 0.3 is 6.09 Å². The van der Waals surface area contributed by atoms with E-state index in [1.54, 1.807) is 12.1 Å². The van der Waals surface area contributed by atoms with Gasteiger partial charge in [0.2, 0.25) is 5.28 Å². The van der Waals surface area contributed by atoms with Crippen molar-refractivity contribution in [1.82, 2.24) is 24.8 Å². The normalized spacial score (nSPS) is 17.9. The van der Waals surface area contributed by atoms with Crippen molar-refractivity contribution in [1.29, 1.82) is 0 Å². The van der Waals surface area contributed by atoms with Crippen LogP contribution in [0.2, 0.25) is 10.3 Å². The maximum atomic E-state index is 14.9. The molecule has 0 spiro atoms. The molecule has 1 aliphatic rings. The van der Waals surface area contributed by atoms with Crippen molar-refractivity contribution in [3.63, 3.8) is 0 Å².